The second-order valence-corrected chi connectivity index (χ2v) is 5.34. The molecule has 5 heteroatoms. The summed E-state index contributed by atoms with van der Waals surface area (Å²) in [7, 11) is 5.52. The van der Waals surface area contributed by atoms with E-state index >= 15 is 0 Å². The predicted octanol–water partition coefficient (Wildman–Crippen LogP) is 2.26. The van der Waals surface area contributed by atoms with Crippen molar-refractivity contribution in [2.75, 3.05) is 26.1 Å². The number of esters is 1. The third-order valence-electron chi connectivity index (χ3n) is 3.67. The fourth-order valence-corrected chi connectivity index (χ4v) is 2.40. The molecule has 1 heterocycles. The van der Waals surface area contributed by atoms with E-state index in [1.807, 2.05) is 19.0 Å². The second kappa shape index (κ2) is 6.70. The van der Waals surface area contributed by atoms with Gasteiger partial charge in [0.2, 0.25) is 0 Å². The number of pyridine rings is 1. The van der Waals surface area contributed by atoms with Crippen molar-refractivity contribution >= 4 is 11.8 Å². The van der Waals surface area contributed by atoms with Gasteiger partial charge < -0.3 is 14.4 Å². The van der Waals surface area contributed by atoms with Crippen LogP contribution in [0, 0.1) is 0 Å². The summed E-state index contributed by atoms with van der Waals surface area (Å²) in [5, 5.41) is 0. The highest BCUT2D eigenvalue weighted by Gasteiger charge is 2.24. The summed E-state index contributed by atoms with van der Waals surface area (Å²) in [6.07, 6.45) is 5.59. The lowest BCUT2D eigenvalue weighted by atomic mass is 9.95. The molecule has 5 nitrogen and oxygen atoms in total. The Morgan fingerprint density at radius 1 is 1.25 bits per heavy atom. The fourth-order valence-electron chi connectivity index (χ4n) is 2.40. The van der Waals surface area contributed by atoms with Gasteiger partial charge in [0.15, 0.2) is 0 Å². The standard InChI is InChI=1S/C15H22N2O3/c1-17(2)14-10-11(8-9-16-14)15(18)20-13-6-4-12(19-3)5-7-13/h8-10,12-13H,4-7H2,1-3H3. The van der Waals surface area contributed by atoms with Crippen molar-refractivity contribution in [3.8, 4) is 0 Å². The van der Waals surface area contributed by atoms with E-state index in [-0.39, 0.29) is 12.1 Å². The zero-order valence-electron chi connectivity index (χ0n) is 12.3. The average Bonchev–Trinajstić information content (AvgIpc) is 2.48. The SMILES string of the molecule is COC1CCC(OC(=O)c2ccnc(N(C)C)c2)CC1. The van der Waals surface area contributed by atoms with Gasteiger partial charge in [-0.25, -0.2) is 9.78 Å². The minimum Gasteiger partial charge on any atom is -0.459 e. The Labute approximate surface area is 119 Å². The molecule has 0 aromatic carbocycles. The van der Waals surface area contributed by atoms with Crippen molar-refractivity contribution in [1.29, 1.82) is 0 Å². The van der Waals surface area contributed by atoms with E-state index in [1.54, 1.807) is 25.4 Å². The summed E-state index contributed by atoms with van der Waals surface area (Å²) >= 11 is 0. The van der Waals surface area contributed by atoms with Crippen molar-refractivity contribution in [3.05, 3.63) is 23.9 Å². The first-order valence-electron chi connectivity index (χ1n) is 6.97. The van der Waals surface area contributed by atoms with Crippen LogP contribution in [0.5, 0.6) is 0 Å². The summed E-state index contributed by atoms with van der Waals surface area (Å²) < 4.78 is 10.9. The molecule has 20 heavy (non-hydrogen) atoms. The Hall–Kier alpha value is -1.62. The summed E-state index contributed by atoms with van der Waals surface area (Å²) in [6.45, 7) is 0. The van der Waals surface area contributed by atoms with Gasteiger partial charge in [-0.15, -0.1) is 0 Å². The first-order valence-corrected chi connectivity index (χ1v) is 6.97. The normalized spacial score (nSPS) is 22.4. The molecule has 1 saturated carbocycles. The molecular weight excluding hydrogens is 256 g/mol. The van der Waals surface area contributed by atoms with Gasteiger partial charge in [0.25, 0.3) is 0 Å². The summed E-state index contributed by atoms with van der Waals surface area (Å²) in [5.41, 5.74) is 0.553. The molecule has 0 bridgehead atoms. The number of anilines is 1. The van der Waals surface area contributed by atoms with Crippen LogP contribution in [0.25, 0.3) is 0 Å². The molecule has 2 rings (SSSR count). The van der Waals surface area contributed by atoms with Crippen LogP contribution < -0.4 is 4.90 Å². The molecule has 0 aliphatic heterocycles. The summed E-state index contributed by atoms with van der Waals surface area (Å²) in [6, 6.07) is 3.44. The zero-order valence-corrected chi connectivity index (χ0v) is 12.3. The molecule has 1 aliphatic carbocycles. The maximum absolute atomic E-state index is 12.1. The van der Waals surface area contributed by atoms with Crippen LogP contribution in [-0.2, 0) is 9.47 Å². The maximum atomic E-state index is 12.1. The number of hydrogen-bond donors (Lipinski definition) is 0. The molecule has 0 saturated heterocycles. The molecule has 0 atom stereocenters. The Morgan fingerprint density at radius 2 is 1.90 bits per heavy atom. The van der Waals surface area contributed by atoms with Crippen molar-refractivity contribution < 1.29 is 14.3 Å². The van der Waals surface area contributed by atoms with Gasteiger partial charge in [0, 0.05) is 27.4 Å². The monoisotopic (exact) mass is 278 g/mol. The lowest BCUT2D eigenvalue weighted by molar-refractivity contribution is -0.00540. The van der Waals surface area contributed by atoms with Gasteiger partial charge in [-0.1, -0.05) is 0 Å². The number of aromatic nitrogens is 1. The molecule has 1 aromatic rings. The highest BCUT2D eigenvalue weighted by atomic mass is 16.5. The highest BCUT2D eigenvalue weighted by Crippen LogP contribution is 2.24. The molecule has 0 N–H and O–H groups in total. The lowest BCUT2D eigenvalue weighted by Gasteiger charge is -2.27. The van der Waals surface area contributed by atoms with E-state index < -0.39 is 0 Å². The fraction of sp³-hybridized carbons (Fsp3) is 0.600. The highest BCUT2D eigenvalue weighted by molar-refractivity contribution is 5.90. The van der Waals surface area contributed by atoms with Crippen molar-refractivity contribution in [2.24, 2.45) is 0 Å². The predicted molar refractivity (Wildman–Crippen MR) is 77.0 cm³/mol. The van der Waals surface area contributed by atoms with E-state index in [1.165, 1.54) is 0 Å². The van der Waals surface area contributed by atoms with E-state index in [9.17, 15) is 4.79 Å². The van der Waals surface area contributed by atoms with Crippen LogP contribution >= 0.6 is 0 Å². The molecule has 1 aliphatic rings. The molecule has 1 aromatic heterocycles. The van der Waals surface area contributed by atoms with Gasteiger partial charge in [-0.2, -0.15) is 0 Å². The topological polar surface area (TPSA) is 51.7 Å². The van der Waals surface area contributed by atoms with Crippen LogP contribution in [0.15, 0.2) is 18.3 Å². The van der Waals surface area contributed by atoms with Crippen molar-refractivity contribution in [1.82, 2.24) is 4.98 Å². The number of nitrogens with zero attached hydrogens (tertiary/aromatic N) is 2. The number of carbonyl (C=O) groups is 1. The number of carbonyl (C=O) groups excluding carboxylic acids is 1. The molecule has 0 unspecified atom stereocenters. The number of hydrogen-bond acceptors (Lipinski definition) is 5. The quantitative estimate of drug-likeness (QED) is 0.791. The van der Waals surface area contributed by atoms with Crippen LogP contribution in [0.2, 0.25) is 0 Å². The molecule has 110 valence electrons. The third kappa shape index (κ3) is 3.70. The maximum Gasteiger partial charge on any atom is 0.338 e. The van der Waals surface area contributed by atoms with E-state index in [0.29, 0.717) is 11.7 Å². The molecule has 1 fully saturated rings. The number of rotatable bonds is 4. The number of methoxy groups -OCH3 is 1. The number of ether oxygens (including phenoxy) is 2. The van der Waals surface area contributed by atoms with Gasteiger partial charge in [0.05, 0.1) is 11.7 Å². The van der Waals surface area contributed by atoms with Crippen LogP contribution in [0.1, 0.15) is 36.0 Å². The minimum atomic E-state index is -0.267. The Kier molecular flexibility index (Phi) is 4.95. The minimum absolute atomic E-state index is 0.00451. The van der Waals surface area contributed by atoms with Crippen LogP contribution in [-0.4, -0.2) is 44.4 Å². The Morgan fingerprint density at radius 3 is 2.50 bits per heavy atom. The van der Waals surface area contributed by atoms with Crippen LogP contribution in [0.3, 0.4) is 0 Å². The summed E-state index contributed by atoms with van der Waals surface area (Å²) in [4.78, 5) is 18.2. The third-order valence-corrected chi connectivity index (χ3v) is 3.67. The van der Waals surface area contributed by atoms with Crippen LogP contribution in [0.4, 0.5) is 5.82 Å². The van der Waals surface area contributed by atoms with Crippen molar-refractivity contribution in [2.45, 2.75) is 37.9 Å². The first-order chi connectivity index (χ1) is 9.60. The Bertz CT molecular complexity index is 454. The molecule has 0 radical (unpaired) electrons. The van der Waals surface area contributed by atoms with E-state index in [4.69, 9.17) is 9.47 Å². The molecular formula is C15H22N2O3. The Balaban J connectivity index is 1.93. The van der Waals surface area contributed by atoms with Gasteiger partial charge in [-0.3, -0.25) is 0 Å². The largest absolute Gasteiger partial charge is 0.459 e. The van der Waals surface area contributed by atoms with Gasteiger partial charge in [-0.05, 0) is 37.8 Å². The summed E-state index contributed by atoms with van der Waals surface area (Å²) in [5.74, 6) is 0.485. The molecule has 0 amide bonds. The lowest BCUT2D eigenvalue weighted by Crippen LogP contribution is -2.27. The second-order valence-electron chi connectivity index (χ2n) is 5.34. The molecule has 0 spiro atoms. The van der Waals surface area contributed by atoms with Crippen molar-refractivity contribution in [3.63, 3.8) is 0 Å². The van der Waals surface area contributed by atoms with E-state index in [0.717, 1.165) is 31.5 Å². The average molecular weight is 278 g/mol. The van der Waals surface area contributed by atoms with Gasteiger partial charge in [0.1, 0.15) is 11.9 Å². The van der Waals surface area contributed by atoms with Gasteiger partial charge >= 0.3 is 5.97 Å². The van der Waals surface area contributed by atoms with E-state index in [2.05, 4.69) is 4.98 Å². The zero-order chi connectivity index (χ0) is 14.5. The smallest absolute Gasteiger partial charge is 0.338 e. The first kappa shape index (κ1) is 14.8.